The summed E-state index contributed by atoms with van der Waals surface area (Å²) in [7, 11) is 0. The zero-order valence-electron chi connectivity index (χ0n) is 36.9. The summed E-state index contributed by atoms with van der Waals surface area (Å²) in [5.41, 5.74) is 2.52. The third kappa shape index (κ3) is 6.99. The number of aliphatic hydroxyl groups is 1. The van der Waals surface area contributed by atoms with Crippen molar-refractivity contribution in [2.45, 2.75) is 91.6 Å². The Morgan fingerprint density at radius 1 is 0.723 bits per heavy atom. The number of allylic oxidation sites excluding steroid dienone is 2. The van der Waals surface area contributed by atoms with E-state index >= 15 is 0 Å². The van der Waals surface area contributed by atoms with Gasteiger partial charge in [0, 0.05) is 52.8 Å². The van der Waals surface area contributed by atoms with E-state index in [-0.39, 0.29) is 109 Å². The van der Waals surface area contributed by atoms with Crippen LogP contribution in [0.3, 0.4) is 0 Å². The largest absolute Gasteiger partial charge is 0.508 e. The number of aromatic hydroxyl groups is 6. The molecular formula is C51H48O14. The fraction of sp³-hybridized carbons (Fsp3) is 0.294. The van der Waals surface area contributed by atoms with E-state index in [1.165, 1.54) is 18.2 Å². The molecule has 0 saturated carbocycles. The molecule has 0 spiro atoms. The number of ether oxygens (including phenoxy) is 3. The van der Waals surface area contributed by atoms with Crippen molar-refractivity contribution in [1.82, 2.24) is 0 Å². The molecule has 7 N–H and O–H groups in total. The van der Waals surface area contributed by atoms with E-state index in [4.69, 9.17) is 23.0 Å². The van der Waals surface area contributed by atoms with Crippen molar-refractivity contribution in [2.24, 2.45) is 5.92 Å². The van der Waals surface area contributed by atoms with Gasteiger partial charge in [0.1, 0.15) is 73.7 Å². The van der Waals surface area contributed by atoms with Gasteiger partial charge in [-0.05, 0) is 97.2 Å². The Balaban J connectivity index is 0.000000164. The highest BCUT2D eigenvalue weighted by atomic mass is 16.6. The Morgan fingerprint density at radius 2 is 1.28 bits per heavy atom. The number of fused-ring (bicyclic) bond motifs is 8. The molecule has 6 aromatic rings. The maximum absolute atomic E-state index is 13.6. The highest BCUT2D eigenvalue weighted by Gasteiger charge is 2.44. The second-order valence-electron chi connectivity index (χ2n) is 18.4. The standard InChI is InChI=1S/C26H26O6.C25H22O8/c1-13(2)6-7-16-23(30)22-20(29)12-21-15(8-9-26(4,5)32-21)25(22)31-24(16)17-10-14(3)18(27)11-19(17)28;1-9-11-6-12-20(29)19-14(27)8-16-10(4-5-25(2,3)33-16)21(19)31-22(12)18-13(26)7-15(28)23(17(11)18)32-24(9)30/h6,8-12,27-29H,7H2,1-5H3;4-5,7-9,11,24,26-28,30H,6H2,1-3H3. The molecule has 4 aromatic carbocycles. The van der Waals surface area contributed by atoms with Gasteiger partial charge in [-0.25, -0.2) is 0 Å². The highest BCUT2D eigenvalue weighted by molar-refractivity contribution is 5.97. The van der Waals surface area contributed by atoms with Crippen LogP contribution in [0.5, 0.6) is 51.7 Å². The Kier molecular flexibility index (Phi) is 9.83. The van der Waals surface area contributed by atoms with E-state index in [1.54, 1.807) is 26.0 Å². The second kappa shape index (κ2) is 14.9. The molecule has 3 unspecified atom stereocenters. The number of benzene rings is 4. The number of aliphatic hydroxyl groups excluding tert-OH is 1. The minimum Gasteiger partial charge on any atom is -0.508 e. The second-order valence-corrected chi connectivity index (χ2v) is 18.4. The van der Waals surface area contributed by atoms with Crippen LogP contribution in [-0.2, 0) is 12.8 Å². The topological polar surface area (TPSA) is 230 Å². The van der Waals surface area contributed by atoms with Crippen LogP contribution >= 0.6 is 0 Å². The molecule has 14 heteroatoms. The van der Waals surface area contributed by atoms with Gasteiger partial charge in [-0.2, -0.15) is 0 Å². The molecule has 5 heterocycles. The molecule has 0 bridgehead atoms. The van der Waals surface area contributed by atoms with Gasteiger partial charge in [0.2, 0.25) is 11.7 Å². The van der Waals surface area contributed by atoms with Crippen LogP contribution in [0.1, 0.15) is 87.8 Å². The molecule has 0 amide bonds. The van der Waals surface area contributed by atoms with Crippen LogP contribution in [-0.4, -0.2) is 53.2 Å². The maximum atomic E-state index is 13.6. The third-order valence-electron chi connectivity index (χ3n) is 12.4. The SMILES string of the molecule is CC(C)=CCc1c(-c2cc(C)c(O)cc2O)oc2c3c(cc(O)c2c1=O)OC(C)(C)C=C3.CC1C(O)Oc2c(O)cc(O)c3c2C1Cc1c-3oc2c3c(cc(O)c2c1=O)OC(C)(C)C=C3. The normalized spacial score (nSPS) is 19.1. The van der Waals surface area contributed by atoms with Gasteiger partial charge in [0.15, 0.2) is 28.1 Å². The quantitative estimate of drug-likeness (QED) is 0.0822. The molecule has 2 aromatic heterocycles. The first-order valence-corrected chi connectivity index (χ1v) is 21.1. The van der Waals surface area contributed by atoms with Crippen molar-refractivity contribution in [3.8, 4) is 74.4 Å². The lowest BCUT2D eigenvalue weighted by Crippen LogP contribution is -2.37. The average Bonchev–Trinajstić information content (AvgIpc) is 3.21. The van der Waals surface area contributed by atoms with Crippen molar-refractivity contribution >= 4 is 34.1 Å². The fourth-order valence-electron chi connectivity index (χ4n) is 8.98. The summed E-state index contributed by atoms with van der Waals surface area (Å²) in [6.07, 6.45) is 8.42. The van der Waals surface area contributed by atoms with Crippen molar-refractivity contribution in [2.75, 3.05) is 0 Å². The predicted molar refractivity (Wildman–Crippen MR) is 243 cm³/mol. The van der Waals surface area contributed by atoms with E-state index in [0.29, 0.717) is 39.3 Å². The van der Waals surface area contributed by atoms with Gasteiger partial charge in [0.25, 0.3) is 0 Å². The number of rotatable bonds is 3. The molecule has 336 valence electrons. The number of hydrogen-bond donors (Lipinski definition) is 7. The summed E-state index contributed by atoms with van der Waals surface area (Å²) < 4.78 is 30.0. The first-order chi connectivity index (χ1) is 30.6. The Morgan fingerprint density at radius 3 is 1.86 bits per heavy atom. The molecular weight excluding hydrogens is 837 g/mol. The highest BCUT2D eigenvalue weighted by Crippen LogP contribution is 2.57. The van der Waals surface area contributed by atoms with Crippen molar-refractivity contribution < 1.29 is 58.8 Å². The summed E-state index contributed by atoms with van der Waals surface area (Å²) in [4.78, 5) is 27.2. The minimum atomic E-state index is -1.19. The minimum absolute atomic E-state index is 0.0302. The smallest absolute Gasteiger partial charge is 0.200 e. The van der Waals surface area contributed by atoms with Crippen LogP contribution in [0.15, 0.2) is 72.6 Å². The fourth-order valence-corrected chi connectivity index (χ4v) is 8.98. The molecule has 14 nitrogen and oxygen atoms in total. The number of hydrogen-bond acceptors (Lipinski definition) is 14. The van der Waals surface area contributed by atoms with Crippen LogP contribution in [0, 0.1) is 12.8 Å². The van der Waals surface area contributed by atoms with Gasteiger partial charge in [-0.3, -0.25) is 9.59 Å². The van der Waals surface area contributed by atoms with Crippen molar-refractivity contribution in [3.63, 3.8) is 0 Å². The predicted octanol–water partition coefficient (Wildman–Crippen LogP) is 9.33. The molecule has 65 heavy (non-hydrogen) atoms. The first kappa shape index (κ1) is 43.0. The average molecular weight is 885 g/mol. The Hall–Kier alpha value is -7.32. The Labute approximate surface area is 371 Å². The van der Waals surface area contributed by atoms with E-state index in [2.05, 4.69) is 0 Å². The molecule has 3 atom stereocenters. The molecule has 10 rings (SSSR count). The summed E-state index contributed by atoms with van der Waals surface area (Å²) in [6, 6.07) is 6.76. The van der Waals surface area contributed by atoms with Crippen LogP contribution < -0.4 is 25.1 Å². The van der Waals surface area contributed by atoms with Gasteiger partial charge in [-0.15, -0.1) is 0 Å². The van der Waals surface area contributed by atoms with E-state index in [9.17, 15) is 45.3 Å². The number of aryl methyl sites for hydroxylation is 1. The van der Waals surface area contributed by atoms with Crippen molar-refractivity contribution in [3.05, 3.63) is 108 Å². The number of phenols is 6. The van der Waals surface area contributed by atoms with Crippen LogP contribution in [0.4, 0.5) is 0 Å². The number of phenolic OH excluding ortho intramolecular Hbond substituents is 6. The van der Waals surface area contributed by atoms with Crippen LogP contribution in [0.2, 0.25) is 0 Å². The van der Waals surface area contributed by atoms with Crippen LogP contribution in [0.25, 0.3) is 56.7 Å². The summed E-state index contributed by atoms with van der Waals surface area (Å²) in [6.45, 7) is 14.8. The molecule has 3 aliphatic heterocycles. The summed E-state index contributed by atoms with van der Waals surface area (Å²) in [5, 5.41) is 73.6. The van der Waals surface area contributed by atoms with Gasteiger partial charge in [-0.1, -0.05) is 18.6 Å². The molecule has 1 aliphatic carbocycles. The maximum Gasteiger partial charge on any atom is 0.200 e. The zero-order valence-corrected chi connectivity index (χ0v) is 36.9. The summed E-state index contributed by atoms with van der Waals surface area (Å²) >= 11 is 0. The Bertz CT molecular complexity index is 3270. The lowest BCUT2D eigenvalue weighted by molar-refractivity contribution is -0.0785. The third-order valence-corrected chi connectivity index (χ3v) is 12.4. The van der Waals surface area contributed by atoms with Crippen molar-refractivity contribution in [1.29, 1.82) is 0 Å². The van der Waals surface area contributed by atoms with E-state index in [0.717, 1.165) is 11.6 Å². The lowest BCUT2D eigenvalue weighted by atomic mass is 9.73. The zero-order chi connectivity index (χ0) is 46.8. The molecule has 0 saturated heterocycles. The summed E-state index contributed by atoms with van der Waals surface area (Å²) in [5.74, 6) is -0.980. The van der Waals surface area contributed by atoms with E-state index < -0.39 is 34.8 Å². The monoisotopic (exact) mass is 884 g/mol. The van der Waals surface area contributed by atoms with E-state index in [1.807, 2.05) is 65.8 Å². The molecule has 4 aliphatic rings. The first-order valence-electron chi connectivity index (χ1n) is 21.1. The molecule has 0 radical (unpaired) electrons. The lowest BCUT2D eigenvalue weighted by Gasteiger charge is -2.39. The van der Waals surface area contributed by atoms with Gasteiger partial charge in [0.05, 0.1) is 22.3 Å². The van der Waals surface area contributed by atoms with Gasteiger partial charge < -0.3 is 58.8 Å². The molecule has 0 fully saturated rings. The van der Waals surface area contributed by atoms with Gasteiger partial charge >= 0.3 is 0 Å².